The van der Waals surface area contributed by atoms with Crippen molar-refractivity contribution in [1.29, 1.82) is 0 Å². The first-order chi connectivity index (χ1) is 11.1. The minimum absolute atomic E-state index is 0. The predicted octanol–water partition coefficient (Wildman–Crippen LogP) is 2.16. The summed E-state index contributed by atoms with van der Waals surface area (Å²) in [7, 11) is 1.74. The molecule has 2 atom stereocenters. The average molecular weight is 449 g/mol. The third kappa shape index (κ3) is 4.37. The number of benzene rings is 1. The Hall–Kier alpha value is -0.930. The highest BCUT2D eigenvalue weighted by atomic mass is 127. The van der Waals surface area contributed by atoms with Gasteiger partial charge in [-0.2, -0.15) is 0 Å². The number of hydrogen-bond acceptors (Lipinski definition) is 3. The van der Waals surface area contributed by atoms with E-state index in [1.807, 2.05) is 0 Å². The first-order valence-electron chi connectivity index (χ1n) is 8.09. The second-order valence-corrected chi connectivity index (χ2v) is 6.47. The van der Waals surface area contributed by atoms with Gasteiger partial charge in [0, 0.05) is 38.7 Å². The van der Waals surface area contributed by atoms with Crippen LogP contribution in [-0.4, -0.2) is 55.9 Å². The molecule has 2 aliphatic rings. The second kappa shape index (κ2) is 8.44. The Bertz CT molecular complexity index is 579. The monoisotopic (exact) mass is 449 g/mol. The molecule has 0 amide bonds. The van der Waals surface area contributed by atoms with Gasteiger partial charge < -0.3 is 20.1 Å². The largest absolute Gasteiger partial charge is 0.387 e. The lowest BCUT2D eigenvalue weighted by molar-refractivity contribution is 0.156. The van der Waals surface area contributed by atoms with Crippen molar-refractivity contribution in [2.24, 2.45) is 10.4 Å². The molecule has 0 aliphatic carbocycles. The summed E-state index contributed by atoms with van der Waals surface area (Å²) in [5.41, 5.74) is 0.828. The standard InChI is InChI=1S/C17H24FN3O2.HI/c1-19-16(21-7-5-17(11-21)6-8-23-12-17)20-10-15(22)13-3-2-4-14(18)9-13;/h2-4,9,15,22H,5-8,10-12H2,1H3,(H,19,20);1H. The van der Waals surface area contributed by atoms with E-state index in [2.05, 4.69) is 15.2 Å². The zero-order chi connectivity index (χ0) is 16.3. The predicted molar refractivity (Wildman–Crippen MR) is 102 cm³/mol. The Morgan fingerprint density at radius 2 is 2.33 bits per heavy atom. The lowest BCUT2D eigenvalue weighted by Gasteiger charge is -2.25. The quantitative estimate of drug-likeness (QED) is 0.422. The third-order valence-corrected chi connectivity index (χ3v) is 4.82. The fourth-order valence-electron chi connectivity index (χ4n) is 3.44. The van der Waals surface area contributed by atoms with E-state index in [9.17, 15) is 9.50 Å². The van der Waals surface area contributed by atoms with E-state index in [4.69, 9.17) is 4.74 Å². The van der Waals surface area contributed by atoms with Crippen LogP contribution in [0.25, 0.3) is 0 Å². The smallest absolute Gasteiger partial charge is 0.193 e. The maximum atomic E-state index is 13.2. The van der Waals surface area contributed by atoms with Gasteiger partial charge in [0.15, 0.2) is 5.96 Å². The molecule has 1 spiro atoms. The summed E-state index contributed by atoms with van der Waals surface area (Å²) in [6.45, 7) is 3.85. The molecule has 1 aromatic rings. The Labute approximate surface area is 159 Å². The van der Waals surface area contributed by atoms with Crippen molar-refractivity contribution in [2.75, 3.05) is 39.9 Å². The van der Waals surface area contributed by atoms with Crippen molar-refractivity contribution < 1.29 is 14.2 Å². The molecule has 2 fully saturated rings. The van der Waals surface area contributed by atoms with E-state index >= 15 is 0 Å². The van der Waals surface area contributed by atoms with Gasteiger partial charge >= 0.3 is 0 Å². The van der Waals surface area contributed by atoms with E-state index in [0.717, 1.165) is 45.1 Å². The van der Waals surface area contributed by atoms with Crippen LogP contribution in [0, 0.1) is 11.2 Å². The van der Waals surface area contributed by atoms with Crippen molar-refractivity contribution in [2.45, 2.75) is 18.9 Å². The summed E-state index contributed by atoms with van der Waals surface area (Å²) >= 11 is 0. The number of guanidine groups is 1. The third-order valence-electron chi connectivity index (χ3n) is 4.82. The van der Waals surface area contributed by atoms with Crippen molar-refractivity contribution in [1.82, 2.24) is 10.2 Å². The molecule has 0 aromatic heterocycles. The number of nitrogens with zero attached hydrogens (tertiary/aromatic N) is 2. The molecular formula is C17H25FIN3O2. The Morgan fingerprint density at radius 1 is 1.50 bits per heavy atom. The van der Waals surface area contributed by atoms with E-state index in [1.165, 1.54) is 12.1 Å². The van der Waals surface area contributed by atoms with Crippen molar-refractivity contribution in [3.63, 3.8) is 0 Å². The number of aliphatic hydroxyl groups is 1. The number of ether oxygens (including phenoxy) is 1. The summed E-state index contributed by atoms with van der Waals surface area (Å²) in [4.78, 5) is 6.53. The number of aliphatic imine (C=N–C) groups is 1. The van der Waals surface area contributed by atoms with Crippen LogP contribution >= 0.6 is 24.0 Å². The Kier molecular flexibility index (Phi) is 6.82. The Balaban J connectivity index is 0.00000208. The normalized spacial score (nSPS) is 25.0. The molecule has 134 valence electrons. The SMILES string of the molecule is CN=C(NCC(O)c1cccc(F)c1)N1CCC2(CCOC2)C1.I. The summed E-state index contributed by atoms with van der Waals surface area (Å²) in [6, 6.07) is 6.05. The molecule has 2 saturated heterocycles. The van der Waals surface area contributed by atoms with Crippen molar-refractivity contribution in [3.05, 3.63) is 35.6 Å². The highest BCUT2D eigenvalue weighted by Gasteiger charge is 2.42. The summed E-state index contributed by atoms with van der Waals surface area (Å²) in [5.74, 6) is 0.442. The maximum absolute atomic E-state index is 13.2. The van der Waals surface area contributed by atoms with Gasteiger partial charge in [-0.3, -0.25) is 4.99 Å². The molecule has 0 radical (unpaired) electrons. The number of nitrogens with one attached hydrogen (secondary N) is 1. The molecule has 2 unspecified atom stereocenters. The minimum atomic E-state index is -0.770. The second-order valence-electron chi connectivity index (χ2n) is 6.47. The van der Waals surface area contributed by atoms with Gasteiger partial charge in [-0.25, -0.2) is 4.39 Å². The van der Waals surface area contributed by atoms with Gasteiger partial charge in [0.2, 0.25) is 0 Å². The first-order valence-corrected chi connectivity index (χ1v) is 8.09. The van der Waals surface area contributed by atoms with Crippen LogP contribution in [0.4, 0.5) is 4.39 Å². The van der Waals surface area contributed by atoms with Crippen LogP contribution in [0.3, 0.4) is 0 Å². The molecule has 2 heterocycles. The van der Waals surface area contributed by atoms with Crippen molar-refractivity contribution >= 4 is 29.9 Å². The molecule has 2 aliphatic heterocycles. The van der Waals surface area contributed by atoms with E-state index in [0.29, 0.717) is 12.1 Å². The zero-order valence-electron chi connectivity index (χ0n) is 13.9. The average Bonchev–Trinajstić information content (AvgIpc) is 3.18. The number of likely N-dealkylation sites (tertiary alicyclic amines) is 1. The fourth-order valence-corrected chi connectivity index (χ4v) is 3.44. The summed E-state index contributed by atoms with van der Waals surface area (Å²) in [6.07, 6.45) is 1.45. The van der Waals surface area contributed by atoms with Crippen molar-refractivity contribution in [3.8, 4) is 0 Å². The highest BCUT2D eigenvalue weighted by molar-refractivity contribution is 14.0. The number of hydrogen-bond donors (Lipinski definition) is 2. The number of aliphatic hydroxyl groups excluding tert-OH is 1. The van der Waals surface area contributed by atoms with Gasteiger partial charge in [-0.15, -0.1) is 24.0 Å². The van der Waals surface area contributed by atoms with Crippen LogP contribution in [0.15, 0.2) is 29.3 Å². The molecular weight excluding hydrogens is 424 g/mol. The zero-order valence-corrected chi connectivity index (χ0v) is 16.2. The van der Waals surface area contributed by atoms with E-state index < -0.39 is 6.10 Å². The molecule has 0 bridgehead atoms. The molecule has 3 rings (SSSR count). The lowest BCUT2D eigenvalue weighted by atomic mass is 9.87. The molecule has 1 aromatic carbocycles. The maximum Gasteiger partial charge on any atom is 0.193 e. The molecule has 24 heavy (non-hydrogen) atoms. The fraction of sp³-hybridized carbons (Fsp3) is 0.588. The highest BCUT2D eigenvalue weighted by Crippen LogP contribution is 2.38. The van der Waals surface area contributed by atoms with Crippen LogP contribution < -0.4 is 5.32 Å². The van der Waals surface area contributed by atoms with Gasteiger partial charge in [0.25, 0.3) is 0 Å². The van der Waals surface area contributed by atoms with Gasteiger partial charge in [-0.1, -0.05) is 12.1 Å². The van der Waals surface area contributed by atoms with Gasteiger partial charge in [0.05, 0.1) is 12.7 Å². The number of halogens is 2. The van der Waals surface area contributed by atoms with Gasteiger partial charge in [0.1, 0.15) is 5.82 Å². The number of rotatable bonds is 3. The molecule has 2 N–H and O–H groups in total. The topological polar surface area (TPSA) is 57.1 Å². The molecule has 7 heteroatoms. The Morgan fingerprint density at radius 3 is 3.00 bits per heavy atom. The van der Waals surface area contributed by atoms with E-state index in [1.54, 1.807) is 19.2 Å². The summed E-state index contributed by atoms with van der Waals surface area (Å²) < 4.78 is 18.8. The van der Waals surface area contributed by atoms with Crippen LogP contribution in [0.5, 0.6) is 0 Å². The van der Waals surface area contributed by atoms with Crippen LogP contribution in [0.1, 0.15) is 24.5 Å². The van der Waals surface area contributed by atoms with Crippen LogP contribution in [-0.2, 0) is 4.74 Å². The van der Waals surface area contributed by atoms with E-state index in [-0.39, 0.29) is 35.2 Å². The lowest BCUT2D eigenvalue weighted by Crippen LogP contribution is -2.42. The van der Waals surface area contributed by atoms with Gasteiger partial charge in [-0.05, 0) is 30.5 Å². The minimum Gasteiger partial charge on any atom is -0.387 e. The summed E-state index contributed by atoms with van der Waals surface area (Å²) in [5, 5.41) is 13.4. The van der Waals surface area contributed by atoms with Crippen LogP contribution in [0.2, 0.25) is 0 Å². The first kappa shape index (κ1) is 19.4. The molecule has 5 nitrogen and oxygen atoms in total. The molecule has 0 saturated carbocycles.